The number of rotatable bonds is 0. The van der Waals surface area contributed by atoms with Crippen LogP contribution in [0, 0.1) is 107 Å². The molecule has 20 heteroatoms. The third kappa shape index (κ3) is 113. The van der Waals surface area contributed by atoms with Crippen molar-refractivity contribution in [3.8, 4) is 0 Å². The number of aliphatic hydroxyl groups excluding tert-OH is 4. The number of hydrogen-bond donors (Lipinski definition) is 4. The summed E-state index contributed by atoms with van der Waals surface area (Å²) in [7, 11) is 22.3. The van der Waals surface area contributed by atoms with Crippen molar-refractivity contribution in [3.63, 3.8) is 0 Å². The van der Waals surface area contributed by atoms with Crippen LogP contribution in [0.2, 0.25) is 0 Å². The van der Waals surface area contributed by atoms with E-state index in [4.69, 9.17) is 39.4 Å². The van der Waals surface area contributed by atoms with E-state index in [1.165, 1.54) is 154 Å². The zero-order valence-electron chi connectivity index (χ0n) is 59.4. The van der Waals surface area contributed by atoms with Gasteiger partial charge >= 0.3 is 132 Å². The summed E-state index contributed by atoms with van der Waals surface area (Å²) < 4.78 is 20.8. The van der Waals surface area contributed by atoms with E-state index in [-0.39, 0.29) is 53.6 Å². The Bertz CT molecular complexity index is 1100. The number of halogens is 4. The zero-order valence-corrected chi connectivity index (χ0v) is 69.3. The monoisotopic (exact) mass is 1740 g/mol. The van der Waals surface area contributed by atoms with E-state index < -0.39 is 0 Å². The van der Waals surface area contributed by atoms with Gasteiger partial charge in [-0.1, -0.05) is 154 Å². The Morgan fingerprint density at radius 3 is 0.576 bits per heavy atom. The van der Waals surface area contributed by atoms with Gasteiger partial charge in [0.2, 0.25) is 0 Å². The summed E-state index contributed by atoms with van der Waals surface area (Å²) in [6.07, 6.45) is 58.7. The number of aliphatic hydroxyl groups is 4. The van der Waals surface area contributed by atoms with Crippen LogP contribution in [-0.4, -0.2) is 99.2 Å². The van der Waals surface area contributed by atoms with Crippen molar-refractivity contribution in [2.45, 2.75) is 283 Å². The van der Waals surface area contributed by atoms with Gasteiger partial charge in [-0.15, -0.1) is 25.7 Å². The molecule has 0 aromatic heterocycles. The molecule has 0 unspecified atom stereocenters. The summed E-state index contributed by atoms with van der Waals surface area (Å²) in [6, 6.07) is 0. The molecule has 4 atom stereocenters. The Balaban J connectivity index is -0.0000000849. The molecule has 4 heterocycles. The van der Waals surface area contributed by atoms with Gasteiger partial charge in [-0.05, 0) is 51.4 Å². The van der Waals surface area contributed by atoms with E-state index in [1.54, 1.807) is 0 Å². The molecule has 0 aliphatic carbocycles. The van der Waals surface area contributed by atoms with Crippen LogP contribution in [0.4, 0.5) is 0 Å². The molecule has 0 saturated carbocycles. The summed E-state index contributed by atoms with van der Waals surface area (Å²) in [4.78, 5) is 45.6. The molecular weight excluding hydrogens is 1600 g/mol. The molecule has 560 valence electrons. The third-order valence-corrected chi connectivity index (χ3v) is 14.3. The van der Waals surface area contributed by atoms with Gasteiger partial charge in [-0.3, -0.25) is 19.2 Å². The van der Waals surface area contributed by atoms with Crippen molar-refractivity contribution in [2.75, 3.05) is 54.9 Å². The van der Waals surface area contributed by atoms with Crippen LogP contribution in [0.5, 0.6) is 0 Å². The predicted octanol–water partition coefficient (Wildman–Crippen LogP) is 20.9. The second-order valence-electron chi connectivity index (χ2n) is 21.5. The van der Waals surface area contributed by atoms with E-state index >= 15 is 0 Å². The number of carbonyl (C=O) groups excluding carboxylic acids is 4. The summed E-state index contributed by atoms with van der Waals surface area (Å²) in [5.74, 6) is 1.72. The minimum atomic E-state index is -0.0216. The van der Waals surface area contributed by atoms with Crippen molar-refractivity contribution < 1.29 is 128 Å². The second kappa shape index (κ2) is 116. The first-order valence-electron chi connectivity index (χ1n) is 32.8. The van der Waals surface area contributed by atoms with Crippen LogP contribution < -0.4 is 0 Å². The maximum atomic E-state index is 11.4. The number of carbonyl (C=O) groups is 4. The van der Waals surface area contributed by atoms with Crippen molar-refractivity contribution >= 4 is 62.6 Å². The normalized spacial score (nSPS) is 21.2. The van der Waals surface area contributed by atoms with Crippen molar-refractivity contribution in [1.82, 2.24) is 0 Å². The van der Waals surface area contributed by atoms with E-state index in [0.717, 1.165) is 131 Å². The fraction of sp³-hybridized carbons (Fsp3) is 0.778. The molecular formula is C72H140Cl4O12Ru4. The van der Waals surface area contributed by atoms with Gasteiger partial charge in [0.25, 0.3) is 0 Å². The summed E-state index contributed by atoms with van der Waals surface area (Å²) >= 11 is 7.29. The van der Waals surface area contributed by atoms with Crippen LogP contribution in [0.3, 0.4) is 0 Å². The van der Waals surface area contributed by atoms with E-state index in [9.17, 15) is 19.2 Å². The molecule has 0 amide bonds. The third-order valence-electron chi connectivity index (χ3n) is 14.3. The molecule has 4 N–H and O–H groups in total. The van der Waals surface area contributed by atoms with Gasteiger partial charge in [0.1, 0.15) is 0 Å². The summed E-state index contributed by atoms with van der Waals surface area (Å²) in [5.41, 5.74) is 0. The second-order valence-corrected chi connectivity index (χ2v) is 21.5. The number of hydrogen-bond acceptors (Lipinski definition) is 12. The van der Waals surface area contributed by atoms with Crippen LogP contribution in [-0.2, 0) is 107 Å². The topological polar surface area (TPSA) is 186 Å². The SMILES string of the molecule is CO.CO.CO.CO.[CH2-][C@@H]1[CH-]CCCCCCCCOC(=O)CCCC1.[CH2-][C@@H]1[CH-]CCCCCCCCOC(=O)CCCC1.[CH2-][C@H]1[CH-]CCCCCCCCOC(=O)CCCC1.[CH2-][C@H]1[CH-]CCCCCCCCOC(=O)CCCC1.[CH3-].[CH3-].[CH3-].[CH3-].[Cl][Ru+3].[Cl][Ru+3].[Cl][Ru+3].[Cl][Ru+3]. The molecule has 4 fully saturated rings. The van der Waals surface area contributed by atoms with Gasteiger partial charge in [-0.25, -0.2) is 0 Å². The Morgan fingerprint density at radius 1 is 0.272 bits per heavy atom. The standard InChI is InChI=1S/4C16H28O2.4CH4O.4CH3.4ClH.4Ru/c4*1-15-11-7-5-3-2-4-6-10-14-18-16(17)13-9-8-12-15;4*1-2;;;;;;;;;;;;/h4*11,15H,1-10,12-14H2;4*2H,1H3;4*1H3;4*1H;;;;/q4*-2;;;;;4*-1;;;;;4*+4/p-4/t4*15-;;;;;;;;;;;;;;;;/m1100................/s1. The molecule has 4 saturated heterocycles. The molecule has 92 heavy (non-hydrogen) atoms. The number of cyclic esters (lactones) is 4. The molecule has 0 aromatic rings. The number of esters is 4. The van der Waals surface area contributed by atoms with Crippen molar-refractivity contribution in [1.29, 1.82) is 0 Å². The summed E-state index contributed by atoms with van der Waals surface area (Å²) in [5, 5.41) is 28.0. The molecule has 4 aliphatic rings. The van der Waals surface area contributed by atoms with Gasteiger partial charge in [0, 0.05) is 54.1 Å². The van der Waals surface area contributed by atoms with E-state index in [2.05, 4.69) is 92.1 Å². The van der Waals surface area contributed by atoms with Crippen LogP contribution in [0.25, 0.3) is 0 Å². The quantitative estimate of drug-likeness (QED) is 0.0780. The average Bonchev–Trinajstić information content (AvgIpc) is 3.73. The molecule has 12 nitrogen and oxygen atoms in total. The predicted molar refractivity (Wildman–Crippen MR) is 381 cm³/mol. The minimum absolute atomic E-state index is 0. The van der Waals surface area contributed by atoms with E-state index in [0.29, 0.717) is 75.8 Å². The fourth-order valence-electron chi connectivity index (χ4n) is 9.44. The van der Waals surface area contributed by atoms with Crippen LogP contribution >= 0.6 is 38.8 Å². The van der Waals surface area contributed by atoms with Crippen molar-refractivity contribution in [3.05, 3.63) is 83.1 Å². The average molecular weight is 1740 g/mol. The molecule has 0 spiro atoms. The number of ether oxygens (including phenoxy) is 4. The van der Waals surface area contributed by atoms with Crippen molar-refractivity contribution in [2.24, 2.45) is 23.7 Å². The van der Waals surface area contributed by atoms with E-state index in [1.807, 2.05) is 69.2 Å². The summed E-state index contributed by atoms with van der Waals surface area (Å²) in [6.45, 7) is 19.1. The molecule has 0 aromatic carbocycles. The molecule has 0 bridgehead atoms. The Hall–Kier alpha value is 1.37. The zero-order chi connectivity index (χ0) is 68.2. The van der Waals surface area contributed by atoms with Gasteiger partial charge in [-0.2, -0.15) is 25.7 Å². The van der Waals surface area contributed by atoms with Crippen LogP contribution in [0.15, 0.2) is 0 Å². The first-order valence-corrected chi connectivity index (χ1v) is 41.7. The first-order chi connectivity index (χ1) is 43.2. The molecule has 4 aliphatic heterocycles. The van der Waals surface area contributed by atoms with Gasteiger partial charge in [0.15, 0.2) is 0 Å². The van der Waals surface area contributed by atoms with Gasteiger partial charge < -0.3 is 146 Å². The Labute approximate surface area is 629 Å². The van der Waals surface area contributed by atoms with Gasteiger partial charge in [0.05, 0.1) is 26.4 Å². The Morgan fingerprint density at radius 2 is 0.413 bits per heavy atom. The van der Waals surface area contributed by atoms with Crippen LogP contribution in [0.1, 0.15) is 283 Å². The molecule has 0 radical (unpaired) electrons. The first kappa shape index (κ1) is 120. The Kier molecular flexibility index (Phi) is 152. The molecule has 4 rings (SSSR count). The maximum absolute atomic E-state index is 11.4. The fourth-order valence-corrected chi connectivity index (χ4v) is 9.44.